The van der Waals surface area contributed by atoms with E-state index in [2.05, 4.69) is 28.0 Å². The molecule has 3 nitrogen and oxygen atoms in total. The van der Waals surface area contributed by atoms with Crippen LogP contribution in [0.25, 0.3) is 10.8 Å². The van der Waals surface area contributed by atoms with E-state index in [1.54, 1.807) is 18.3 Å². The van der Waals surface area contributed by atoms with E-state index in [-0.39, 0.29) is 0 Å². The van der Waals surface area contributed by atoms with E-state index in [1.807, 2.05) is 36.4 Å². The minimum Gasteiger partial charge on any atom is -0.331 e. The first-order valence-corrected chi connectivity index (χ1v) is 8.33. The predicted octanol–water partition coefficient (Wildman–Crippen LogP) is 5.47. The Morgan fingerprint density at radius 1 is 0.958 bits per heavy atom. The van der Waals surface area contributed by atoms with Gasteiger partial charge in [0.05, 0.1) is 16.3 Å². The summed E-state index contributed by atoms with van der Waals surface area (Å²) in [4.78, 5) is 0. The molecule has 0 aromatic heterocycles. The van der Waals surface area contributed by atoms with Gasteiger partial charge in [-0.3, -0.25) is 5.43 Å². The molecule has 0 atom stereocenters. The zero-order chi connectivity index (χ0) is 16.9. The first kappa shape index (κ1) is 16.7. The molecule has 0 aliphatic carbocycles. The van der Waals surface area contributed by atoms with E-state index in [0.717, 1.165) is 22.0 Å². The summed E-state index contributed by atoms with van der Waals surface area (Å²) in [5.41, 5.74) is 4.54. The maximum atomic E-state index is 5.97. The molecule has 0 spiro atoms. The summed E-state index contributed by atoms with van der Waals surface area (Å²) in [6.45, 7) is 0. The maximum Gasteiger partial charge on any atom is 0.191 e. The van der Waals surface area contributed by atoms with Crippen LogP contribution in [0.4, 0.5) is 5.69 Å². The molecule has 0 fully saturated rings. The molecule has 0 bridgehead atoms. The Bertz CT molecular complexity index is 920. The van der Waals surface area contributed by atoms with Crippen LogP contribution in [-0.2, 0) is 0 Å². The number of fused-ring (bicyclic) bond motifs is 1. The second-order valence-corrected chi connectivity index (χ2v) is 6.25. The zero-order valence-corrected chi connectivity index (χ0v) is 14.8. The number of nitrogens with zero attached hydrogens (tertiary/aromatic N) is 1. The van der Waals surface area contributed by atoms with Crippen molar-refractivity contribution in [2.45, 2.75) is 0 Å². The lowest BCUT2D eigenvalue weighted by Crippen LogP contribution is -2.23. The summed E-state index contributed by atoms with van der Waals surface area (Å²) >= 11 is 17.1. The molecule has 3 aromatic carbocycles. The van der Waals surface area contributed by atoms with Crippen molar-refractivity contribution in [3.05, 3.63) is 76.3 Å². The van der Waals surface area contributed by atoms with Gasteiger partial charge < -0.3 is 5.32 Å². The van der Waals surface area contributed by atoms with Crippen molar-refractivity contribution in [1.29, 1.82) is 0 Å². The molecule has 120 valence electrons. The van der Waals surface area contributed by atoms with Crippen LogP contribution in [0.5, 0.6) is 0 Å². The van der Waals surface area contributed by atoms with Crippen LogP contribution in [-0.4, -0.2) is 11.3 Å². The van der Waals surface area contributed by atoms with Crippen LogP contribution in [0, 0.1) is 0 Å². The highest BCUT2D eigenvalue weighted by Gasteiger charge is 2.02. The summed E-state index contributed by atoms with van der Waals surface area (Å²) in [5, 5.41) is 10.9. The van der Waals surface area contributed by atoms with E-state index in [0.29, 0.717) is 15.2 Å². The number of hydrogen-bond acceptors (Lipinski definition) is 2. The fourth-order valence-corrected chi connectivity index (χ4v) is 2.71. The van der Waals surface area contributed by atoms with Gasteiger partial charge in [0, 0.05) is 11.1 Å². The lowest BCUT2D eigenvalue weighted by molar-refractivity contribution is 1.05. The third-order valence-electron chi connectivity index (χ3n) is 3.36. The lowest BCUT2D eigenvalue weighted by atomic mass is 10.1. The Morgan fingerprint density at radius 3 is 2.58 bits per heavy atom. The molecule has 0 saturated carbocycles. The highest BCUT2D eigenvalue weighted by Crippen LogP contribution is 2.23. The molecule has 6 heteroatoms. The van der Waals surface area contributed by atoms with Gasteiger partial charge in [0.1, 0.15) is 0 Å². The van der Waals surface area contributed by atoms with Crippen molar-refractivity contribution in [3.8, 4) is 0 Å². The Morgan fingerprint density at radius 2 is 1.75 bits per heavy atom. The van der Waals surface area contributed by atoms with E-state index >= 15 is 0 Å². The molecule has 0 aliphatic heterocycles. The Balaban J connectivity index is 1.67. The van der Waals surface area contributed by atoms with Crippen LogP contribution in [0.15, 0.2) is 65.8 Å². The van der Waals surface area contributed by atoms with Crippen LogP contribution in [0.3, 0.4) is 0 Å². The molecule has 0 aliphatic rings. The van der Waals surface area contributed by atoms with Crippen molar-refractivity contribution in [2.24, 2.45) is 5.10 Å². The molecule has 24 heavy (non-hydrogen) atoms. The van der Waals surface area contributed by atoms with Crippen LogP contribution in [0.2, 0.25) is 10.0 Å². The second kappa shape index (κ2) is 7.62. The van der Waals surface area contributed by atoms with E-state index in [1.165, 1.54) is 0 Å². The van der Waals surface area contributed by atoms with Gasteiger partial charge in [-0.2, -0.15) is 5.10 Å². The van der Waals surface area contributed by atoms with Gasteiger partial charge in [-0.25, -0.2) is 0 Å². The van der Waals surface area contributed by atoms with Crippen molar-refractivity contribution < 1.29 is 0 Å². The molecule has 0 saturated heterocycles. The summed E-state index contributed by atoms with van der Waals surface area (Å²) < 4.78 is 0. The zero-order valence-electron chi connectivity index (χ0n) is 12.5. The van der Waals surface area contributed by atoms with Crippen molar-refractivity contribution in [3.63, 3.8) is 0 Å². The molecule has 0 amide bonds. The largest absolute Gasteiger partial charge is 0.331 e. The minimum atomic E-state index is 0.405. The van der Waals surface area contributed by atoms with Gasteiger partial charge in [0.2, 0.25) is 0 Å². The first-order chi connectivity index (χ1) is 11.6. The van der Waals surface area contributed by atoms with Gasteiger partial charge in [0.15, 0.2) is 5.11 Å². The number of rotatable bonds is 3. The standard InChI is InChI=1S/C18H13Cl2N3S/c19-15-9-8-12(10-16(15)20)11-21-23-18(24)22-17-7-3-5-13-4-1-2-6-14(13)17/h1-11H,(H2,22,23,24). The van der Waals surface area contributed by atoms with E-state index in [9.17, 15) is 0 Å². The summed E-state index contributed by atoms with van der Waals surface area (Å²) in [5.74, 6) is 0. The number of anilines is 1. The molecule has 2 N–H and O–H groups in total. The number of halogens is 2. The summed E-state index contributed by atoms with van der Waals surface area (Å²) in [7, 11) is 0. The smallest absolute Gasteiger partial charge is 0.191 e. The molecule has 3 rings (SSSR count). The molecule has 0 radical (unpaired) electrons. The monoisotopic (exact) mass is 373 g/mol. The SMILES string of the molecule is S=C(NN=Cc1ccc(Cl)c(Cl)c1)Nc1cccc2ccccc12. The molecular formula is C18H13Cl2N3S. The maximum absolute atomic E-state index is 5.97. The second-order valence-electron chi connectivity index (χ2n) is 5.02. The predicted molar refractivity (Wildman–Crippen MR) is 107 cm³/mol. The minimum absolute atomic E-state index is 0.405. The van der Waals surface area contributed by atoms with Gasteiger partial charge in [-0.1, -0.05) is 65.7 Å². The highest BCUT2D eigenvalue weighted by atomic mass is 35.5. The highest BCUT2D eigenvalue weighted by molar-refractivity contribution is 7.80. The Hall–Kier alpha value is -2.14. The fourth-order valence-electron chi connectivity index (χ4n) is 2.24. The summed E-state index contributed by atoms with van der Waals surface area (Å²) in [6.07, 6.45) is 1.62. The van der Waals surface area contributed by atoms with Crippen LogP contribution < -0.4 is 10.7 Å². The first-order valence-electron chi connectivity index (χ1n) is 7.16. The topological polar surface area (TPSA) is 36.4 Å². The Kier molecular flexibility index (Phi) is 5.30. The molecule has 0 heterocycles. The van der Waals surface area contributed by atoms with Crippen LogP contribution in [0.1, 0.15) is 5.56 Å². The average molecular weight is 374 g/mol. The summed E-state index contributed by atoms with van der Waals surface area (Å²) in [6, 6.07) is 19.4. The molecular weight excluding hydrogens is 361 g/mol. The quantitative estimate of drug-likeness (QED) is 0.363. The third kappa shape index (κ3) is 4.03. The van der Waals surface area contributed by atoms with Gasteiger partial charge in [0.25, 0.3) is 0 Å². The number of benzene rings is 3. The Labute approximate surface area is 155 Å². The fraction of sp³-hybridized carbons (Fsp3) is 0. The van der Waals surface area contributed by atoms with Gasteiger partial charge in [-0.15, -0.1) is 0 Å². The average Bonchev–Trinajstić information content (AvgIpc) is 2.58. The molecule has 0 unspecified atom stereocenters. The number of thiocarbonyl (C=S) groups is 1. The van der Waals surface area contributed by atoms with Crippen molar-refractivity contribution in [1.82, 2.24) is 5.43 Å². The number of nitrogens with one attached hydrogen (secondary N) is 2. The molecule has 3 aromatic rings. The van der Waals surface area contributed by atoms with Crippen LogP contribution >= 0.6 is 35.4 Å². The number of hydrazone groups is 1. The lowest BCUT2D eigenvalue weighted by Gasteiger charge is -2.10. The van der Waals surface area contributed by atoms with E-state index in [4.69, 9.17) is 35.4 Å². The van der Waals surface area contributed by atoms with Gasteiger partial charge in [-0.05, 0) is 41.4 Å². The number of hydrogen-bond donors (Lipinski definition) is 2. The van der Waals surface area contributed by atoms with Crippen molar-refractivity contribution in [2.75, 3.05) is 5.32 Å². The normalized spacial score (nSPS) is 10.9. The third-order valence-corrected chi connectivity index (χ3v) is 4.29. The van der Waals surface area contributed by atoms with Gasteiger partial charge >= 0.3 is 0 Å². The van der Waals surface area contributed by atoms with E-state index < -0.39 is 0 Å². The van der Waals surface area contributed by atoms with Crippen molar-refractivity contribution >= 4 is 63.2 Å².